The Morgan fingerprint density at radius 2 is 2.17 bits per heavy atom. The Bertz CT molecular complexity index is 562. The van der Waals surface area contributed by atoms with Crippen LogP contribution in [0.15, 0.2) is 24.3 Å². The predicted octanol–water partition coefficient (Wildman–Crippen LogP) is 1.14. The number of nitrogens with one attached hydrogen (secondary N) is 2. The number of hydrogen-bond acceptors (Lipinski definition) is 4. The average Bonchev–Trinajstić information content (AvgIpc) is 2.55. The first-order chi connectivity index (χ1) is 11.6. The fraction of sp³-hybridized carbons (Fsp3) is 0.556. The second-order valence-electron chi connectivity index (χ2n) is 6.44. The number of aliphatic hydroxyl groups excluding tert-OH is 1. The van der Waals surface area contributed by atoms with Gasteiger partial charge in [-0.05, 0) is 49.9 Å². The SMILES string of the molecule is Cc1cccc(NC(=O)CC(=O)NCCN2CCC[C@H](CO)C2)c1. The lowest BCUT2D eigenvalue weighted by molar-refractivity contribution is -0.126. The van der Waals surface area contributed by atoms with Crippen molar-refractivity contribution in [1.29, 1.82) is 0 Å². The molecule has 2 rings (SSSR count). The summed E-state index contributed by atoms with van der Waals surface area (Å²) in [6, 6.07) is 7.48. The van der Waals surface area contributed by atoms with E-state index in [2.05, 4.69) is 15.5 Å². The van der Waals surface area contributed by atoms with E-state index in [1.54, 1.807) is 6.07 Å². The number of aliphatic hydroxyl groups is 1. The van der Waals surface area contributed by atoms with Crippen LogP contribution in [0.25, 0.3) is 0 Å². The summed E-state index contributed by atoms with van der Waals surface area (Å²) < 4.78 is 0. The number of piperidine rings is 1. The molecule has 6 heteroatoms. The van der Waals surface area contributed by atoms with Crippen LogP contribution in [0.3, 0.4) is 0 Å². The normalized spacial score (nSPS) is 18.2. The third-order valence-corrected chi connectivity index (χ3v) is 4.23. The Morgan fingerprint density at radius 3 is 2.92 bits per heavy atom. The van der Waals surface area contributed by atoms with Crippen LogP contribution >= 0.6 is 0 Å². The summed E-state index contributed by atoms with van der Waals surface area (Å²) in [7, 11) is 0. The maximum Gasteiger partial charge on any atom is 0.233 e. The molecule has 2 amide bonds. The fourth-order valence-corrected chi connectivity index (χ4v) is 2.99. The molecule has 1 aliphatic rings. The summed E-state index contributed by atoms with van der Waals surface area (Å²) in [4.78, 5) is 26.0. The summed E-state index contributed by atoms with van der Waals surface area (Å²) in [5.41, 5.74) is 1.76. The van der Waals surface area contributed by atoms with Crippen molar-refractivity contribution in [2.24, 2.45) is 5.92 Å². The van der Waals surface area contributed by atoms with Gasteiger partial charge < -0.3 is 20.6 Å². The third kappa shape index (κ3) is 6.29. The maximum atomic E-state index is 11.9. The molecule has 3 N–H and O–H groups in total. The van der Waals surface area contributed by atoms with Crippen molar-refractivity contribution in [2.45, 2.75) is 26.2 Å². The standard InChI is InChI=1S/C18H27N3O3/c1-14-4-2-6-16(10-14)20-18(24)11-17(23)19-7-9-21-8-3-5-15(12-21)13-22/h2,4,6,10,15,22H,3,5,7-9,11-13H2,1H3,(H,19,23)(H,20,24)/t15-/m0/s1. The van der Waals surface area contributed by atoms with Crippen LogP contribution in [-0.4, -0.2) is 54.6 Å². The van der Waals surface area contributed by atoms with Crippen molar-refractivity contribution in [3.8, 4) is 0 Å². The molecule has 1 atom stereocenters. The van der Waals surface area contributed by atoms with E-state index in [0.29, 0.717) is 18.2 Å². The number of anilines is 1. The van der Waals surface area contributed by atoms with E-state index < -0.39 is 0 Å². The van der Waals surface area contributed by atoms with Gasteiger partial charge in [-0.3, -0.25) is 9.59 Å². The highest BCUT2D eigenvalue weighted by Crippen LogP contribution is 2.15. The van der Waals surface area contributed by atoms with Crippen LogP contribution in [-0.2, 0) is 9.59 Å². The van der Waals surface area contributed by atoms with Gasteiger partial charge in [-0.15, -0.1) is 0 Å². The number of benzene rings is 1. The second-order valence-corrected chi connectivity index (χ2v) is 6.44. The highest BCUT2D eigenvalue weighted by atomic mass is 16.3. The zero-order valence-electron chi connectivity index (χ0n) is 14.3. The lowest BCUT2D eigenvalue weighted by Crippen LogP contribution is -2.41. The lowest BCUT2D eigenvalue weighted by Gasteiger charge is -2.31. The maximum absolute atomic E-state index is 11.9. The number of carbonyl (C=O) groups is 2. The summed E-state index contributed by atoms with van der Waals surface area (Å²) >= 11 is 0. The Balaban J connectivity index is 1.65. The summed E-state index contributed by atoms with van der Waals surface area (Å²) in [6.07, 6.45) is 1.98. The number of aryl methyl sites for hydroxylation is 1. The van der Waals surface area contributed by atoms with Gasteiger partial charge in [0.05, 0.1) is 0 Å². The van der Waals surface area contributed by atoms with Gasteiger partial charge >= 0.3 is 0 Å². The third-order valence-electron chi connectivity index (χ3n) is 4.23. The molecule has 1 aromatic carbocycles. The second kappa shape index (κ2) is 9.39. The van der Waals surface area contributed by atoms with E-state index in [-0.39, 0.29) is 24.8 Å². The predicted molar refractivity (Wildman–Crippen MR) is 93.7 cm³/mol. The topological polar surface area (TPSA) is 81.7 Å². The zero-order valence-corrected chi connectivity index (χ0v) is 14.3. The molecule has 0 unspecified atom stereocenters. The van der Waals surface area contributed by atoms with Gasteiger partial charge in [0.25, 0.3) is 0 Å². The molecule has 0 spiro atoms. The molecule has 0 bridgehead atoms. The van der Waals surface area contributed by atoms with Gasteiger partial charge in [0.1, 0.15) is 6.42 Å². The molecule has 1 aromatic rings. The Hall–Kier alpha value is -1.92. The van der Waals surface area contributed by atoms with Crippen molar-refractivity contribution in [2.75, 3.05) is 38.1 Å². The van der Waals surface area contributed by atoms with E-state index in [1.165, 1.54) is 0 Å². The lowest BCUT2D eigenvalue weighted by atomic mass is 9.99. The number of rotatable bonds is 7. The molecule has 1 aliphatic heterocycles. The monoisotopic (exact) mass is 333 g/mol. The minimum atomic E-state index is -0.309. The minimum absolute atomic E-state index is 0.173. The van der Waals surface area contributed by atoms with Gasteiger partial charge in [0, 0.05) is 31.9 Å². The van der Waals surface area contributed by atoms with Crippen LogP contribution in [0.4, 0.5) is 5.69 Å². The van der Waals surface area contributed by atoms with E-state index >= 15 is 0 Å². The van der Waals surface area contributed by atoms with Crippen LogP contribution in [0.2, 0.25) is 0 Å². The Morgan fingerprint density at radius 1 is 1.33 bits per heavy atom. The summed E-state index contributed by atoms with van der Waals surface area (Å²) in [5, 5.41) is 14.7. The molecule has 1 heterocycles. The van der Waals surface area contributed by atoms with Crippen molar-refractivity contribution < 1.29 is 14.7 Å². The van der Waals surface area contributed by atoms with Gasteiger partial charge in [-0.2, -0.15) is 0 Å². The number of hydrogen-bond donors (Lipinski definition) is 3. The highest BCUT2D eigenvalue weighted by molar-refractivity contribution is 6.03. The van der Waals surface area contributed by atoms with Gasteiger partial charge in [-0.1, -0.05) is 12.1 Å². The quantitative estimate of drug-likeness (QED) is 0.654. The summed E-state index contributed by atoms with van der Waals surface area (Å²) in [6.45, 7) is 5.32. The van der Waals surface area contributed by atoms with Gasteiger partial charge in [-0.25, -0.2) is 0 Å². The molecule has 0 saturated carbocycles. The number of likely N-dealkylation sites (tertiary alicyclic amines) is 1. The molecule has 132 valence electrons. The minimum Gasteiger partial charge on any atom is -0.396 e. The average molecular weight is 333 g/mol. The van der Waals surface area contributed by atoms with Crippen molar-refractivity contribution >= 4 is 17.5 Å². The molecule has 0 aromatic heterocycles. The van der Waals surface area contributed by atoms with Gasteiger partial charge in [0.2, 0.25) is 11.8 Å². The molecule has 0 radical (unpaired) electrons. The number of amides is 2. The number of carbonyl (C=O) groups excluding carboxylic acids is 2. The van der Waals surface area contributed by atoms with Crippen LogP contribution in [0.5, 0.6) is 0 Å². The van der Waals surface area contributed by atoms with E-state index in [9.17, 15) is 14.7 Å². The van der Waals surface area contributed by atoms with Crippen molar-refractivity contribution in [1.82, 2.24) is 10.2 Å². The van der Waals surface area contributed by atoms with E-state index in [0.717, 1.165) is 38.0 Å². The van der Waals surface area contributed by atoms with Crippen LogP contribution in [0, 0.1) is 12.8 Å². The molecular weight excluding hydrogens is 306 g/mol. The van der Waals surface area contributed by atoms with Crippen molar-refractivity contribution in [3.63, 3.8) is 0 Å². The van der Waals surface area contributed by atoms with Crippen LogP contribution in [0.1, 0.15) is 24.8 Å². The molecule has 6 nitrogen and oxygen atoms in total. The molecular formula is C18H27N3O3. The van der Waals surface area contributed by atoms with E-state index in [1.807, 2.05) is 25.1 Å². The van der Waals surface area contributed by atoms with Gasteiger partial charge in [0.15, 0.2) is 0 Å². The fourth-order valence-electron chi connectivity index (χ4n) is 2.99. The van der Waals surface area contributed by atoms with E-state index in [4.69, 9.17) is 0 Å². The molecule has 24 heavy (non-hydrogen) atoms. The Kier molecular flexibility index (Phi) is 7.21. The Labute approximate surface area is 143 Å². The van der Waals surface area contributed by atoms with Crippen molar-refractivity contribution in [3.05, 3.63) is 29.8 Å². The summed E-state index contributed by atoms with van der Waals surface area (Å²) in [5.74, 6) is -0.234. The molecule has 1 fully saturated rings. The first-order valence-electron chi connectivity index (χ1n) is 8.53. The first kappa shape index (κ1) is 18.4. The van der Waals surface area contributed by atoms with Crippen LogP contribution < -0.4 is 10.6 Å². The smallest absolute Gasteiger partial charge is 0.233 e. The zero-order chi connectivity index (χ0) is 17.4. The molecule has 1 saturated heterocycles. The first-order valence-corrected chi connectivity index (χ1v) is 8.53. The highest BCUT2D eigenvalue weighted by Gasteiger charge is 2.18. The largest absolute Gasteiger partial charge is 0.396 e. The number of nitrogens with zero attached hydrogens (tertiary/aromatic N) is 1. The molecule has 0 aliphatic carbocycles.